The molecule has 0 spiro atoms. The Hall–Kier alpha value is -3.04. The Balaban J connectivity index is 1.54. The van der Waals surface area contributed by atoms with Crippen LogP contribution in [0.15, 0.2) is 6.33 Å². The van der Waals surface area contributed by atoms with Crippen molar-refractivity contribution in [1.82, 2.24) is 40.9 Å². The molecule has 10 nitrogen and oxygen atoms in total. The lowest BCUT2D eigenvalue weighted by Gasteiger charge is -2.34. The first-order chi connectivity index (χ1) is 12.1. The maximum absolute atomic E-state index is 12.4. The van der Waals surface area contributed by atoms with E-state index in [0.29, 0.717) is 23.6 Å². The molecule has 3 aromatic rings. The molecule has 1 amide bonds. The molecule has 1 saturated heterocycles. The number of amides is 1. The van der Waals surface area contributed by atoms with E-state index in [1.165, 1.54) is 6.33 Å². The first-order valence-electron chi connectivity index (χ1n) is 8.22. The molecule has 1 aliphatic rings. The highest BCUT2D eigenvalue weighted by molar-refractivity contribution is 5.93. The van der Waals surface area contributed by atoms with E-state index >= 15 is 0 Å². The molecule has 10 heteroatoms. The molecule has 4 heterocycles. The van der Waals surface area contributed by atoms with Gasteiger partial charge in [-0.2, -0.15) is 20.5 Å². The smallest absolute Gasteiger partial charge is 0.274 e. The van der Waals surface area contributed by atoms with E-state index < -0.39 is 0 Å². The Morgan fingerprint density at radius 3 is 2.96 bits per heavy atom. The lowest BCUT2D eigenvalue weighted by Crippen LogP contribution is -2.48. The Morgan fingerprint density at radius 2 is 2.16 bits per heavy atom. The van der Waals surface area contributed by atoms with Crippen LogP contribution < -0.4 is 10.2 Å². The number of rotatable bonds is 3. The zero-order valence-corrected chi connectivity index (χ0v) is 14.1. The zero-order chi connectivity index (χ0) is 17.4. The summed E-state index contributed by atoms with van der Waals surface area (Å²) in [6.07, 6.45) is 3.40. The van der Waals surface area contributed by atoms with Gasteiger partial charge in [-0.05, 0) is 26.7 Å². The Labute approximate surface area is 143 Å². The molecule has 0 aliphatic carbocycles. The zero-order valence-electron chi connectivity index (χ0n) is 14.1. The fourth-order valence-electron chi connectivity index (χ4n) is 3.26. The predicted octanol–water partition coefficient (Wildman–Crippen LogP) is 0.487. The number of carbonyl (C=O) groups is 1. The summed E-state index contributed by atoms with van der Waals surface area (Å²) in [7, 11) is 0. The second-order valence-electron chi connectivity index (χ2n) is 6.26. The Morgan fingerprint density at radius 1 is 1.28 bits per heavy atom. The molecule has 25 heavy (non-hydrogen) atoms. The van der Waals surface area contributed by atoms with Gasteiger partial charge in [-0.15, -0.1) is 0 Å². The molecule has 130 valence electrons. The van der Waals surface area contributed by atoms with Gasteiger partial charge in [0, 0.05) is 24.8 Å². The Bertz CT molecular complexity index is 915. The van der Waals surface area contributed by atoms with Crippen LogP contribution in [-0.4, -0.2) is 60.6 Å². The fraction of sp³-hybridized carbons (Fsp3) is 0.467. The van der Waals surface area contributed by atoms with Crippen LogP contribution in [0.1, 0.15) is 34.7 Å². The molecule has 0 saturated carbocycles. The van der Waals surface area contributed by atoms with Crippen LogP contribution >= 0.6 is 0 Å². The van der Waals surface area contributed by atoms with Crippen molar-refractivity contribution in [3.8, 4) is 0 Å². The van der Waals surface area contributed by atoms with Crippen molar-refractivity contribution in [2.45, 2.75) is 32.7 Å². The monoisotopic (exact) mass is 341 g/mol. The average molecular weight is 341 g/mol. The van der Waals surface area contributed by atoms with Gasteiger partial charge in [-0.1, -0.05) is 0 Å². The molecule has 0 radical (unpaired) electrons. The molecule has 1 aliphatic heterocycles. The van der Waals surface area contributed by atoms with Gasteiger partial charge in [0.05, 0.1) is 11.1 Å². The summed E-state index contributed by atoms with van der Waals surface area (Å²) in [5, 5.41) is 21.4. The van der Waals surface area contributed by atoms with Crippen LogP contribution in [0.4, 0.5) is 5.82 Å². The average Bonchev–Trinajstić information content (AvgIpc) is 3.21. The van der Waals surface area contributed by atoms with E-state index in [0.717, 1.165) is 36.3 Å². The van der Waals surface area contributed by atoms with Gasteiger partial charge in [-0.3, -0.25) is 9.89 Å². The van der Waals surface area contributed by atoms with E-state index in [1.54, 1.807) is 6.92 Å². The van der Waals surface area contributed by atoms with Crippen molar-refractivity contribution < 1.29 is 4.79 Å². The number of H-pyrrole nitrogens is 2. The number of nitrogens with one attached hydrogen (secondary N) is 3. The van der Waals surface area contributed by atoms with Crippen LogP contribution in [0.5, 0.6) is 0 Å². The molecule has 4 rings (SSSR count). The Kier molecular flexibility index (Phi) is 3.79. The van der Waals surface area contributed by atoms with Crippen LogP contribution in [0.3, 0.4) is 0 Å². The SMILES string of the molecule is Cc1n[nH]nc1C(=O)N[C@H]1CCCN(c2ncnc3n[nH]c(C)c23)C1. The van der Waals surface area contributed by atoms with Gasteiger partial charge in [-0.25, -0.2) is 9.97 Å². The van der Waals surface area contributed by atoms with Crippen molar-refractivity contribution >= 4 is 22.8 Å². The third-order valence-corrected chi connectivity index (χ3v) is 4.51. The van der Waals surface area contributed by atoms with Crippen molar-refractivity contribution in [3.05, 3.63) is 23.4 Å². The number of fused-ring (bicyclic) bond motifs is 1. The highest BCUT2D eigenvalue weighted by atomic mass is 16.2. The van der Waals surface area contributed by atoms with E-state index in [9.17, 15) is 4.79 Å². The number of nitrogens with zero attached hydrogens (tertiary/aromatic N) is 6. The molecule has 0 unspecified atom stereocenters. The second-order valence-corrected chi connectivity index (χ2v) is 6.26. The summed E-state index contributed by atoms with van der Waals surface area (Å²) in [6, 6.07) is 0.0228. The maximum atomic E-state index is 12.4. The summed E-state index contributed by atoms with van der Waals surface area (Å²) in [4.78, 5) is 23.2. The fourth-order valence-corrected chi connectivity index (χ4v) is 3.26. The third-order valence-electron chi connectivity index (χ3n) is 4.51. The lowest BCUT2D eigenvalue weighted by molar-refractivity contribution is 0.0927. The van der Waals surface area contributed by atoms with E-state index in [1.807, 2.05) is 6.92 Å². The van der Waals surface area contributed by atoms with Gasteiger partial charge in [0.15, 0.2) is 11.3 Å². The number of aryl methyl sites for hydroxylation is 2. The standard InChI is InChI=1S/C15H19N9O/c1-8-11-13(22-19-8)16-7-17-14(11)24-5-3-4-10(6-24)18-15(25)12-9(2)20-23-21-12/h7,10H,3-6H2,1-2H3,(H,18,25)(H,20,21,23)(H,16,17,19,22)/t10-/m0/s1. The van der Waals surface area contributed by atoms with Gasteiger partial charge in [0.2, 0.25) is 0 Å². The molecule has 0 bridgehead atoms. The lowest BCUT2D eigenvalue weighted by atomic mass is 10.0. The summed E-state index contributed by atoms with van der Waals surface area (Å²) >= 11 is 0. The minimum Gasteiger partial charge on any atom is -0.354 e. The summed E-state index contributed by atoms with van der Waals surface area (Å²) in [6.45, 7) is 5.27. The number of piperidine rings is 1. The normalized spacial score (nSPS) is 17.8. The minimum atomic E-state index is -0.203. The topological polar surface area (TPSA) is 128 Å². The van der Waals surface area contributed by atoms with Gasteiger partial charge >= 0.3 is 0 Å². The highest BCUT2D eigenvalue weighted by Crippen LogP contribution is 2.26. The first kappa shape index (κ1) is 15.5. The molecule has 0 aromatic carbocycles. The van der Waals surface area contributed by atoms with Crippen molar-refractivity contribution in [2.75, 3.05) is 18.0 Å². The van der Waals surface area contributed by atoms with E-state index in [2.05, 4.69) is 45.8 Å². The molecule has 1 fully saturated rings. The van der Waals surface area contributed by atoms with Gasteiger partial charge < -0.3 is 10.2 Å². The predicted molar refractivity (Wildman–Crippen MR) is 90.2 cm³/mol. The van der Waals surface area contributed by atoms with Crippen LogP contribution in [0.25, 0.3) is 11.0 Å². The molecular formula is C15H19N9O. The second kappa shape index (κ2) is 6.11. The van der Waals surface area contributed by atoms with Gasteiger partial charge in [0.25, 0.3) is 5.91 Å². The largest absolute Gasteiger partial charge is 0.354 e. The van der Waals surface area contributed by atoms with Crippen LogP contribution in [-0.2, 0) is 0 Å². The molecule has 1 atom stereocenters. The van der Waals surface area contributed by atoms with Crippen molar-refractivity contribution in [2.24, 2.45) is 0 Å². The van der Waals surface area contributed by atoms with E-state index in [4.69, 9.17) is 0 Å². The van der Waals surface area contributed by atoms with Crippen LogP contribution in [0, 0.1) is 13.8 Å². The minimum absolute atomic E-state index is 0.0228. The summed E-state index contributed by atoms with van der Waals surface area (Å²) < 4.78 is 0. The van der Waals surface area contributed by atoms with Crippen molar-refractivity contribution in [3.63, 3.8) is 0 Å². The number of hydrogen-bond donors (Lipinski definition) is 3. The maximum Gasteiger partial charge on any atom is 0.274 e. The first-order valence-corrected chi connectivity index (χ1v) is 8.22. The number of carbonyl (C=O) groups excluding carboxylic acids is 1. The molecule has 3 aromatic heterocycles. The number of hydrogen-bond acceptors (Lipinski definition) is 7. The number of anilines is 1. The van der Waals surface area contributed by atoms with Gasteiger partial charge in [0.1, 0.15) is 12.1 Å². The number of aromatic nitrogens is 7. The summed E-state index contributed by atoms with van der Waals surface area (Å²) in [5.74, 6) is 0.651. The van der Waals surface area contributed by atoms with Crippen molar-refractivity contribution in [1.29, 1.82) is 0 Å². The highest BCUT2D eigenvalue weighted by Gasteiger charge is 2.26. The molecule has 3 N–H and O–H groups in total. The quantitative estimate of drug-likeness (QED) is 0.632. The van der Waals surface area contributed by atoms with E-state index in [-0.39, 0.29) is 11.9 Å². The summed E-state index contributed by atoms with van der Waals surface area (Å²) in [5.41, 5.74) is 2.53. The third kappa shape index (κ3) is 2.79. The van der Waals surface area contributed by atoms with Crippen LogP contribution in [0.2, 0.25) is 0 Å². The molecular weight excluding hydrogens is 322 g/mol. The number of aromatic amines is 2.